The van der Waals surface area contributed by atoms with Crippen LogP contribution in [-0.4, -0.2) is 41.0 Å². The summed E-state index contributed by atoms with van der Waals surface area (Å²) < 4.78 is 42.5. The molecule has 10 heteroatoms. The van der Waals surface area contributed by atoms with Gasteiger partial charge in [0.25, 0.3) is 5.91 Å². The highest BCUT2D eigenvalue weighted by atomic mass is 35.5. The first-order valence-electron chi connectivity index (χ1n) is 10.0. The number of carbonyl (C=O) groups excluding carboxylic acids is 2. The Morgan fingerprint density at radius 3 is 2.31 bits per heavy atom. The maximum atomic E-state index is 14.2. The van der Waals surface area contributed by atoms with Crippen LogP contribution in [0.4, 0.5) is 24.5 Å². The fourth-order valence-corrected chi connectivity index (χ4v) is 4.47. The molecule has 3 rings (SSSR count). The number of nitrogens with zero attached hydrogens (tertiary/aromatic N) is 2. The van der Waals surface area contributed by atoms with E-state index in [-0.39, 0.29) is 16.4 Å². The van der Waals surface area contributed by atoms with E-state index in [9.17, 15) is 27.9 Å². The van der Waals surface area contributed by atoms with Crippen molar-refractivity contribution in [3.05, 3.63) is 58.1 Å². The van der Waals surface area contributed by atoms with Crippen LogP contribution in [0.25, 0.3) is 0 Å². The molecule has 1 aliphatic heterocycles. The molecule has 2 aromatic carbocycles. The molecule has 0 spiro atoms. The third-order valence-corrected chi connectivity index (χ3v) is 6.24. The average molecular weight is 470 g/mol. The van der Waals surface area contributed by atoms with Crippen molar-refractivity contribution >= 4 is 34.8 Å². The van der Waals surface area contributed by atoms with Crippen molar-refractivity contribution in [3.8, 4) is 0 Å². The van der Waals surface area contributed by atoms with Gasteiger partial charge in [0, 0.05) is 17.2 Å². The maximum Gasteiger partial charge on any atom is 0.416 e. The number of fused-ring (bicyclic) bond motifs is 1. The van der Waals surface area contributed by atoms with E-state index >= 15 is 0 Å². The Kier molecular flexibility index (Phi) is 6.29. The molecule has 0 aliphatic carbocycles. The number of alkyl halides is 3. The fraction of sp³-hybridized carbons (Fsp3) is 0.364. The number of aliphatic hydroxyl groups is 1. The highest BCUT2D eigenvalue weighted by molar-refractivity contribution is 6.34. The summed E-state index contributed by atoms with van der Waals surface area (Å²) in [7, 11) is 0. The highest BCUT2D eigenvalue weighted by Gasteiger charge is 2.59. The Balaban J connectivity index is 2.45. The lowest BCUT2D eigenvalue weighted by atomic mass is 9.83. The number of benzene rings is 2. The van der Waals surface area contributed by atoms with E-state index in [2.05, 4.69) is 0 Å². The van der Waals surface area contributed by atoms with Gasteiger partial charge in [0.15, 0.2) is 5.60 Å². The molecule has 2 unspecified atom stereocenters. The van der Waals surface area contributed by atoms with Crippen LogP contribution in [0, 0.1) is 0 Å². The molecular weight excluding hydrogens is 447 g/mol. The van der Waals surface area contributed by atoms with Crippen molar-refractivity contribution in [1.82, 2.24) is 4.90 Å². The molecule has 2 atom stereocenters. The lowest BCUT2D eigenvalue weighted by Gasteiger charge is -2.37. The number of primary amides is 1. The second-order valence-corrected chi connectivity index (χ2v) is 7.94. The SMILES string of the molecule is CCN(CC)C(C)C1(O)C(=O)N(c2ccccc2Cl)c2cc(C(N)=O)cc(C(F)(F)F)c21. The van der Waals surface area contributed by atoms with Gasteiger partial charge in [-0.2, -0.15) is 13.2 Å². The quantitative estimate of drug-likeness (QED) is 0.668. The number of likely N-dealkylation sites (N-methyl/N-ethyl adjacent to an activating group) is 1. The first-order valence-corrected chi connectivity index (χ1v) is 10.4. The molecule has 2 aromatic rings. The second-order valence-electron chi connectivity index (χ2n) is 7.54. The first-order chi connectivity index (χ1) is 14.9. The predicted molar refractivity (Wildman–Crippen MR) is 115 cm³/mol. The number of hydrogen-bond donors (Lipinski definition) is 2. The normalized spacial score (nSPS) is 19.4. The molecule has 3 N–H and O–H groups in total. The molecule has 6 nitrogen and oxygen atoms in total. The Labute approximate surface area is 188 Å². The third-order valence-electron chi connectivity index (χ3n) is 5.92. The van der Waals surface area contributed by atoms with Gasteiger partial charge in [-0.05, 0) is 44.3 Å². The van der Waals surface area contributed by atoms with Gasteiger partial charge in [-0.15, -0.1) is 0 Å². The summed E-state index contributed by atoms with van der Waals surface area (Å²) >= 11 is 6.26. The molecule has 1 heterocycles. The van der Waals surface area contributed by atoms with Gasteiger partial charge in [-0.1, -0.05) is 37.6 Å². The zero-order valence-corrected chi connectivity index (χ0v) is 18.5. The lowest BCUT2D eigenvalue weighted by Crippen LogP contribution is -2.54. The number of carbonyl (C=O) groups is 2. The van der Waals surface area contributed by atoms with Crippen molar-refractivity contribution < 1.29 is 27.9 Å². The van der Waals surface area contributed by atoms with E-state index < -0.39 is 46.3 Å². The van der Waals surface area contributed by atoms with Crippen LogP contribution >= 0.6 is 11.6 Å². The zero-order chi connectivity index (χ0) is 24.0. The molecule has 0 saturated carbocycles. The standard InChI is InChI=1S/C22H23ClF3N3O3/c1-4-28(5-2)12(3)21(32)18-14(22(24,25)26)10-13(19(27)30)11-17(18)29(20(21)31)16-9-7-6-8-15(16)23/h6-12,32H,4-5H2,1-3H3,(H2,27,30). The van der Waals surface area contributed by atoms with Crippen molar-refractivity contribution in [3.63, 3.8) is 0 Å². The summed E-state index contributed by atoms with van der Waals surface area (Å²) in [6.07, 6.45) is -4.97. The molecule has 0 radical (unpaired) electrons. The number of rotatable bonds is 6. The summed E-state index contributed by atoms with van der Waals surface area (Å²) in [5, 5.41) is 11.8. The molecule has 0 bridgehead atoms. The van der Waals surface area contributed by atoms with Crippen LogP contribution < -0.4 is 10.6 Å². The lowest BCUT2D eigenvalue weighted by molar-refractivity contribution is -0.149. The van der Waals surface area contributed by atoms with Crippen LogP contribution in [0.1, 0.15) is 42.3 Å². The number of anilines is 2. The van der Waals surface area contributed by atoms with Crippen LogP contribution in [0.15, 0.2) is 36.4 Å². The average Bonchev–Trinajstić information content (AvgIpc) is 2.96. The van der Waals surface area contributed by atoms with Gasteiger partial charge in [-0.3, -0.25) is 19.4 Å². The van der Waals surface area contributed by atoms with Gasteiger partial charge in [0.1, 0.15) is 0 Å². The van der Waals surface area contributed by atoms with Crippen molar-refractivity contribution in [2.24, 2.45) is 5.73 Å². The van der Waals surface area contributed by atoms with Gasteiger partial charge >= 0.3 is 6.18 Å². The van der Waals surface area contributed by atoms with E-state index in [1.807, 2.05) is 0 Å². The number of amides is 2. The summed E-state index contributed by atoms with van der Waals surface area (Å²) in [6, 6.07) is 6.71. The molecule has 32 heavy (non-hydrogen) atoms. The summed E-state index contributed by atoms with van der Waals surface area (Å²) in [5.41, 5.74) is 0.157. The first kappa shape index (κ1) is 24.0. The summed E-state index contributed by atoms with van der Waals surface area (Å²) in [5.74, 6) is -2.09. The van der Waals surface area contributed by atoms with Crippen LogP contribution in [-0.2, 0) is 16.6 Å². The molecule has 0 fully saturated rings. The maximum absolute atomic E-state index is 14.2. The minimum Gasteiger partial charge on any atom is -0.374 e. The molecule has 0 saturated heterocycles. The van der Waals surface area contributed by atoms with Gasteiger partial charge in [0.05, 0.1) is 22.0 Å². The van der Waals surface area contributed by atoms with E-state index in [0.717, 1.165) is 11.0 Å². The van der Waals surface area contributed by atoms with E-state index in [1.165, 1.54) is 19.1 Å². The number of hydrogen-bond acceptors (Lipinski definition) is 4. The Morgan fingerprint density at radius 1 is 1.22 bits per heavy atom. The Morgan fingerprint density at radius 2 is 1.81 bits per heavy atom. The van der Waals surface area contributed by atoms with Gasteiger partial charge in [0.2, 0.25) is 5.91 Å². The monoisotopic (exact) mass is 469 g/mol. The molecule has 172 valence electrons. The van der Waals surface area contributed by atoms with E-state index in [0.29, 0.717) is 19.2 Å². The number of nitrogens with two attached hydrogens (primary N) is 1. The van der Waals surface area contributed by atoms with Crippen LogP contribution in [0.3, 0.4) is 0 Å². The van der Waals surface area contributed by atoms with Crippen molar-refractivity contribution in [1.29, 1.82) is 0 Å². The minimum absolute atomic E-state index is 0.0813. The molecular formula is C22H23ClF3N3O3. The van der Waals surface area contributed by atoms with E-state index in [4.69, 9.17) is 17.3 Å². The molecule has 2 amide bonds. The number of para-hydroxylation sites is 1. The molecule has 0 aromatic heterocycles. The van der Waals surface area contributed by atoms with Crippen LogP contribution in [0.2, 0.25) is 5.02 Å². The minimum atomic E-state index is -4.97. The van der Waals surface area contributed by atoms with Crippen molar-refractivity contribution in [2.75, 3.05) is 18.0 Å². The van der Waals surface area contributed by atoms with E-state index in [1.54, 1.807) is 30.9 Å². The highest BCUT2D eigenvalue weighted by Crippen LogP contribution is 2.53. The van der Waals surface area contributed by atoms with Crippen LogP contribution in [0.5, 0.6) is 0 Å². The molecule has 1 aliphatic rings. The van der Waals surface area contributed by atoms with Gasteiger partial charge < -0.3 is 10.8 Å². The second kappa shape index (κ2) is 8.38. The Hall–Kier alpha value is -2.62. The Bertz CT molecular complexity index is 1070. The zero-order valence-electron chi connectivity index (χ0n) is 17.7. The summed E-state index contributed by atoms with van der Waals surface area (Å²) in [4.78, 5) is 28.1. The van der Waals surface area contributed by atoms with Gasteiger partial charge in [-0.25, -0.2) is 0 Å². The fourth-order valence-electron chi connectivity index (χ4n) is 4.25. The number of halogens is 4. The topological polar surface area (TPSA) is 86.9 Å². The smallest absolute Gasteiger partial charge is 0.374 e. The van der Waals surface area contributed by atoms with Crippen molar-refractivity contribution in [2.45, 2.75) is 38.6 Å². The summed E-state index contributed by atoms with van der Waals surface area (Å²) in [6.45, 7) is 5.81. The largest absolute Gasteiger partial charge is 0.416 e. The third kappa shape index (κ3) is 3.64. The predicted octanol–water partition coefficient (Wildman–Crippen LogP) is 4.05.